The molecule has 1 amide bonds. The summed E-state index contributed by atoms with van der Waals surface area (Å²) in [6, 6.07) is 8.97. The van der Waals surface area contributed by atoms with E-state index in [9.17, 15) is 19.7 Å². The van der Waals surface area contributed by atoms with Gasteiger partial charge < -0.3 is 10.1 Å². The number of hydrogen-bond donors (Lipinski definition) is 1. The van der Waals surface area contributed by atoms with Crippen LogP contribution in [-0.4, -0.2) is 30.0 Å². The zero-order valence-corrected chi connectivity index (χ0v) is 15.1. The van der Waals surface area contributed by atoms with Crippen LogP contribution in [0.2, 0.25) is 10.0 Å². The topological polar surface area (TPSA) is 98.5 Å². The maximum absolute atomic E-state index is 12.4. The molecular formula is C17H14Cl2N2O5. The molecule has 7 nitrogen and oxygen atoms in total. The average molecular weight is 397 g/mol. The number of non-ortho nitro benzene ring substituents is 1. The number of nitrogens with zero attached hydrogens (tertiary/aromatic N) is 1. The van der Waals surface area contributed by atoms with Gasteiger partial charge in [-0.15, -0.1) is 0 Å². The van der Waals surface area contributed by atoms with Crippen molar-refractivity contribution in [3.05, 3.63) is 73.8 Å². The van der Waals surface area contributed by atoms with Crippen LogP contribution >= 0.6 is 23.2 Å². The highest BCUT2D eigenvalue weighted by molar-refractivity contribution is 6.36. The van der Waals surface area contributed by atoms with E-state index in [0.29, 0.717) is 15.6 Å². The van der Waals surface area contributed by atoms with E-state index >= 15 is 0 Å². The standard InChI is InChI=1S/C17H14Cl2N2O5/c1-26-17(23)15(9-12-13(18)6-3-7-14(12)19)20-16(22)10-4-2-5-11(8-10)21(24)25/h2-8,15H,9H2,1H3,(H,20,22)/t15-/m0/s1. The molecule has 2 aromatic carbocycles. The van der Waals surface area contributed by atoms with Gasteiger partial charge in [-0.25, -0.2) is 4.79 Å². The Bertz CT molecular complexity index is 837. The normalized spacial score (nSPS) is 11.5. The first-order valence-electron chi connectivity index (χ1n) is 7.39. The fourth-order valence-electron chi connectivity index (χ4n) is 2.27. The van der Waals surface area contributed by atoms with Gasteiger partial charge in [-0.05, 0) is 23.8 Å². The molecule has 0 aromatic heterocycles. The number of methoxy groups -OCH3 is 1. The van der Waals surface area contributed by atoms with Crippen molar-refractivity contribution in [3.63, 3.8) is 0 Å². The number of hydrogen-bond acceptors (Lipinski definition) is 5. The highest BCUT2D eigenvalue weighted by Crippen LogP contribution is 2.26. The summed E-state index contributed by atoms with van der Waals surface area (Å²) < 4.78 is 4.71. The van der Waals surface area contributed by atoms with Crippen LogP contribution in [0, 0.1) is 10.1 Å². The van der Waals surface area contributed by atoms with Crippen LogP contribution in [-0.2, 0) is 16.0 Å². The number of halogens is 2. The van der Waals surface area contributed by atoms with Gasteiger partial charge in [-0.2, -0.15) is 0 Å². The van der Waals surface area contributed by atoms with Crippen molar-refractivity contribution in [2.45, 2.75) is 12.5 Å². The van der Waals surface area contributed by atoms with Gasteiger partial charge in [0.25, 0.3) is 11.6 Å². The number of nitro groups is 1. The third-order valence-electron chi connectivity index (χ3n) is 3.58. The number of carbonyl (C=O) groups excluding carboxylic acids is 2. The number of benzene rings is 2. The summed E-state index contributed by atoms with van der Waals surface area (Å²) in [6.07, 6.45) is 0.00580. The first kappa shape index (κ1) is 19.7. The molecule has 0 heterocycles. The van der Waals surface area contributed by atoms with Crippen molar-refractivity contribution >= 4 is 40.8 Å². The van der Waals surface area contributed by atoms with Crippen LogP contribution < -0.4 is 5.32 Å². The van der Waals surface area contributed by atoms with E-state index in [1.807, 2.05) is 0 Å². The lowest BCUT2D eigenvalue weighted by molar-refractivity contribution is -0.384. The molecule has 0 aliphatic carbocycles. The Morgan fingerprint density at radius 1 is 1.19 bits per heavy atom. The Morgan fingerprint density at radius 3 is 2.38 bits per heavy atom. The van der Waals surface area contributed by atoms with Gasteiger partial charge in [0.2, 0.25) is 0 Å². The van der Waals surface area contributed by atoms with Gasteiger partial charge >= 0.3 is 5.97 Å². The molecule has 1 atom stereocenters. The third-order valence-corrected chi connectivity index (χ3v) is 4.29. The summed E-state index contributed by atoms with van der Waals surface area (Å²) in [6.45, 7) is 0. The van der Waals surface area contributed by atoms with Crippen molar-refractivity contribution in [3.8, 4) is 0 Å². The van der Waals surface area contributed by atoms with Crippen LogP contribution in [0.5, 0.6) is 0 Å². The van der Waals surface area contributed by atoms with Gasteiger partial charge in [0.05, 0.1) is 12.0 Å². The SMILES string of the molecule is COC(=O)[C@H](Cc1c(Cl)cccc1Cl)NC(=O)c1cccc([N+](=O)[O-])c1. The fraction of sp³-hybridized carbons (Fsp3) is 0.176. The number of rotatable bonds is 6. The van der Waals surface area contributed by atoms with E-state index in [4.69, 9.17) is 27.9 Å². The van der Waals surface area contributed by atoms with E-state index < -0.39 is 22.8 Å². The summed E-state index contributed by atoms with van der Waals surface area (Å²) in [5.41, 5.74) is 0.283. The number of esters is 1. The summed E-state index contributed by atoms with van der Waals surface area (Å²) in [7, 11) is 1.18. The van der Waals surface area contributed by atoms with E-state index in [2.05, 4.69) is 5.32 Å². The molecule has 2 rings (SSSR count). The molecule has 26 heavy (non-hydrogen) atoms. The predicted octanol–water partition coefficient (Wildman–Crippen LogP) is 3.42. The zero-order valence-electron chi connectivity index (χ0n) is 13.6. The Hall–Kier alpha value is -2.64. The van der Waals surface area contributed by atoms with Crippen LogP contribution in [0.4, 0.5) is 5.69 Å². The number of ether oxygens (including phenoxy) is 1. The maximum Gasteiger partial charge on any atom is 0.328 e. The molecule has 0 aliphatic heterocycles. The van der Waals surface area contributed by atoms with E-state index in [1.54, 1.807) is 18.2 Å². The van der Waals surface area contributed by atoms with Crippen molar-refractivity contribution in [1.82, 2.24) is 5.32 Å². The third kappa shape index (κ3) is 4.71. The summed E-state index contributed by atoms with van der Waals surface area (Å²) >= 11 is 12.2. The van der Waals surface area contributed by atoms with Crippen LogP contribution in [0.3, 0.4) is 0 Å². The minimum absolute atomic E-state index is 0.00580. The van der Waals surface area contributed by atoms with Gasteiger partial charge in [0.15, 0.2) is 0 Å². The largest absolute Gasteiger partial charge is 0.467 e. The summed E-state index contributed by atoms with van der Waals surface area (Å²) in [5.74, 6) is -1.35. The molecule has 0 fully saturated rings. The van der Waals surface area contributed by atoms with Crippen LogP contribution in [0.25, 0.3) is 0 Å². The monoisotopic (exact) mass is 396 g/mol. The molecule has 136 valence electrons. The molecule has 0 bridgehead atoms. The fourth-order valence-corrected chi connectivity index (χ4v) is 2.82. The number of nitrogens with one attached hydrogen (secondary N) is 1. The van der Waals surface area contributed by atoms with Crippen LogP contribution in [0.1, 0.15) is 15.9 Å². The Kier molecular flexibility index (Phi) is 6.54. The molecule has 1 N–H and O–H groups in total. The lowest BCUT2D eigenvalue weighted by Gasteiger charge is -2.18. The minimum atomic E-state index is -1.07. The molecule has 2 aromatic rings. The second kappa shape index (κ2) is 8.64. The smallest absolute Gasteiger partial charge is 0.328 e. The number of carbonyl (C=O) groups is 2. The van der Waals surface area contributed by atoms with Gasteiger partial charge in [-0.1, -0.05) is 35.3 Å². The minimum Gasteiger partial charge on any atom is -0.467 e. The molecule has 0 radical (unpaired) electrons. The Balaban J connectivity index is 2.25. The molecule has 0 aliphatic rings. The highest BCUT2D eigenvalue weighted by Gasteiger charge is 2.25. The highest BCUT2D eigenvalue weighted by atomic mass is 35.5. The zero-order chi connectivity index (χ0) is 19.3. The van der Waals surface area contributed by atoms with E-state index in [1.165, 1.54) is 25.3 Å². The van der Waals surface area contributed by atoms with Crippen LogP contribution in [0.15, 0.2) is 42.5 Å². The Morgan fingerprint density at radius 2 is 1.81 bits per heavy atom. The van der Waals surface area contributed by atoms with Crippen molar-refractivity contribution in [1.29, 1.82) is 0 Å². The Labute approximate surface area is 159 Å². The average Bonchev–Trinajstić information content (AvgIpc) is 2.63. The first-order chi connectivity index (χ1) is 12.3. The van der Waals surface area contributed by atoms with E-state index in [-0.39, 0.29) is 17.7 Å². The van der Waals surface area contributed by atoms with Gasteiger partial charge in [0, 0.05) is 34.2 Å². The van der Waals surface area contributed by atoms with Gasteiger partial charge in [0.1, 0.15) is 6.04 Å². The van der Waals surface area contributed by atoms with Crippen molar-refractivity contribution < 1.29 is 19.2 Å². The molecule has 9 heteroatoms. The quantitative estimate of drug-likeness (QED) is 0.458. The number of nitro benzene ring substituents is 1. The first-order valence-corrected chi connectivity index (χ1v) is 8.15. The second-order valence-electron chi connectivity index (χ2n) is 5.26. The second-order valence-corrected chi connectivity index (χ2v) is 6.08. The molecule has 0 saturated carbocycles. The summed E-state index contributed by atoms with van der Waals surface area (Å²) in [4.78, 5) is 34.7. The lowest BCUT2D eigenvalue weighted by atomic mass is 10.0. The van der Waals surface area contributed by atoms with Crippen molar-refractivity contribution in [2.24, 2.45) is 0 Å². The molecule has 0 unspecified atom stereocenters. The molecular weight excluding hydrogens is 383 g/mol. The van der Waals surface area contributed by atoms with Crippen molar-refractivity contribution in [2.75, 3.05) is 7.11 Å². The maximum atomic E-state index is 12.4. The lowest BCUT2D eigenvalue weighted by Crippen LogP contribution is -2.43. The number of amides is 1. The molecule has 0 spiro atoms. The summed E-state index contributed by atoms with van der Waals surface area (Å²) in [5, 5.41) is 14.0. The molecule has 0 saturated heterocycles. The van der Waals surface area contributed by atoms with E-state index in [0.717, 1.165) is 6.07 Å². The predicted molar refractivity (Wildman–Crippen MR) is 96.5 cm³/mol. The van der Waals surface area contributed by atoms with Gasteiger partial charge in [-0.3, -0.25) is 14.9 Å².